The predicted molar refractivity (Wildman–Crippen MR) is 82.3 cm³/mol. The van der Waals surface area contributed by atoms with E-state index in [2.05, 4.69) is 15.5 Å². The number of nitrogens with zero attached hydrogens (tertiary/aromatic N) is 2. The maximum Gasteiger partial charge on any atom is 0.416 e. The summed E-state index contributed by atoms with van der Waals surface area (Å²) in [5.74, 6) is -0.00696. The van der Waals surface area contributed by atoms with Crippen molar-refractivity contribution in [3.8, 4) is 5.75 Å². The molecule has 0 fully saturated rings. The van der Waals surface area contributed by atoms with Gasteiger partial charge in [-0.05, 0) is 24.3 Å². The topological polar surface area (TPSA) is 63.6 Å². The molecule has 2 rings (SSSR count). The van der Waals surface area contributed by atoms with E-state index in [1.165, 1.54) is 25.6 Å². The van der Waals surface area contributed by atoms with Gasteiger partial charge in [-0.15, -0.1) is 0 Å². The number of halogens is 3. The summed E-state index contributed by atoms with van der Waals surface area (Å²) in [6, 6.07) is 4.64. The number of pyridine rings is 1. The molecule has 1 heterocycles. The quantitative estimate of drug-likeness (QED) is 0.518. The van der Waals surface area contributed by atoms with Crippen molar-refractivity contribution in [3.05, 3.63) is 58.9 Å². The van der Waals surface area contributed by atoms with E-state index in [1.807, 2.05) is 0 Å². The Morgan fingerprint density at radius 3 is 2.62 bits per heavy atom. The Bertz CT molecular complexity index is 773. The van der Waals surface area contributed by atoms with Gasteiger partial charge in [0.2, 0.25) is 0 Å². The highest BCUT2D eigenvalue weighted by molar-refractivity contribution is 6.17. The van der Waals surface area contributed by atoms with Crippen molar-refractivity contribution in [2.24, 2.45) is 5.10 Å². The highest BCUT2D eigenvalue weighted by Crippen LogP contribution is 2.34. The molecule has 0 atom stereocenters. The molecule has 0 aliphatic heterocycles. The third kappa shape index (κ3) is 3.53. The van der Waals surface area contributed by atoms with Crippen molar-refractivity contribution >= 4 is 12.0 Å². The summed E-state index contributed by atoms with van der Waals surface area (Å²) < 4.78 is 43.7. The maximum absolute atomic E-state index is 12.9. The van der Waals surface area contributed by atoms with Gasteiger partial charge in [0.05, 0.1) is 12.7 Å². The van der Waals surface area contributed by atoms with Crippen LogP contribution in [0, 0.1) is 0 Å². The molecule has 0 aliphatic carbocycles. The number of methoxy groups -OCH3 is 1. The van der Waals surface area contributed by atoms with Crippen LogP contribution in [-0.4, -0.2) is 31.1 Å². The molecule has 1 N–H and O–H groups in total. The van der Waals surface area contributed by atoms with Gasteiger partial charge in [-0.1, -0.05) is 0 Å². The molecular weight excluding hydrogens is 323 g/mol. The minimum Gasteiger partial charge on any atom is -0.496 e. The number of aromatic nitrogens is 1. The number of aldehydes is 1. The second-order valence-electron chi connectivity index (χ2n) is 4.68. The summed E-state index contributed by atoms with van der Waals surface area (Å²) in [6.07, 6.45) is -1.07. The first kappa shape index (κ1) is 17.5. The number of carbonyl (C=O) groups excluding carboxylic acids is 1. The molecule has 0 radical (unpaired) electrons. The zero-order valence-corrected chi connectivity index (χ0v) is 12.9. The molecule has 5 nitrogen and oxygen atoms in total. The minimum absolute atomic E-state index is 0.00696. The normalized spacial score (nSPS) is 12.0. The van der Waals surface area contributed by atoms with Gasteiger partial charge >= 0.3 is 6.18 Å². The van der Waals surface area contributed by atoms with Crippen molar-refractivity contribution < 1.29 is 22.7 Å². The van der Waals surface area contributed by atoms with Crippen LogP contribution in [0.3, 0.4) is 0 Å². The lowest BCUT2D eigenvalue weighted by Crippen LogP contribution is -2.14. The van der Waals surface area contributed by atoms with Crippen molar-refractivity contribution in [3.63, 3.8) is 0 Å². The molecule has 0 saturated heterocycles. The van der Waals surface area contributed by atoms with Crippen molar-refractivity contribution in [1.82, 2.24) is 10.4 Å². The first-order valence-corrected chi connectivity index (χ1v) is 6.82. The molecule has 0 spiro atoms. The zero-order valence-electron chi connectivity index (χ0n) is 12.9. The fourth-order valence-electron chi connectivity index (χ4n) is 2.16. The van der Waals surface area contributed by atoms with Gasteiger partial charge < -0.3 is 10.2 Å². The Kier molecular flexibility index (Phi) is 5.18. The SMILES string of the molecule is CN/N=C(\c1ccncc1C=O)c1ccc(C(F)(F)F)cc1OC. The van der Waals surface area contributed by atoms with Crippen LogP contribution in [0.4, 0.5) is 13.2 Å². The second kappa shape index (κ2) is 7.12. The van der Waals surface area contributed by atoms with Gasteiger partial charge in [-0.3, -0.25) is 9.78 Å². The predicted octanol–water partition coefficient (Wildman–Crippen LogP) is 2.89. The van der Waals surface area contributed by atoms with Crippen LogP contribution >= 0.6 is 0 Å². The van der Waals surface area contributed by atoms with E-state index in [9.17, 15) is 18.0 Å². The number of rotatable bonds is 5. The monoisotopic (exact) mass is 337 g/mol. The molecule has 0 aliphatic rings. The summed E-state index contributed by atoms with van der Waals surface area (Å²) in [4.78, 5) is 15.1. The summed E-state index contributed by atoms with van der Waals surface area (Å²) >= 11 is 0. The van der Waals surface area contributed by atoms with Gasteiger partial charge in [-0.25, -0.2) is 0 Å². The van der Waals surface area contributed by atoms with Gasteiger partial charge in [0.25, 0.3) is 0 Å². The molecular formula is C16H14F3N3O2. The smallest absolute Gasteiger partial charge is 0.416 e. The van der Waals surface area contributed by atoms with Crippen LogP contribution in [-0.2, 0) is 6.18 Å². The van der Waals surface area contributed by atoms with Gasteiger partial charge in [0, 0.05) is 36.1 Å². The second-order valence-corrected chi connectivity index (χ2v) is 4.68. The Hall–Kier alpha value is -2.90. The van der Waals surface area contributed by atoms with Crippen LogP contribution in [0.2, 0.25) is 0 Å². The van der Waals surface area contributed by atoms with E-state index >= 15 is 0 Å². The number of ether oxygens (including phenoxy) is 1. The van der Waals surface area contributed by atoms with E-state index < -0.39 is 11.7 Å². The molecule has 24 heavy (non-hydrogen) atoms. The third-order valence-electron chi connectivity index (χ3n) is 3.24. The molecule has 1 aromatic carbocycles. The number of carbonyl (C=O) groups is 1. The average Bonchev–Trinajstić information content (AvgIpc) is 2.58. The van der Waals surface area contributed by atoms with E-state index in [0.717, 1.165) is 12.1 Å². The molecule has 126 valence electrons. The van der Waals surface area contributed by atoms with Crippen LogP contribution in [0.5, 0.6) is 5.75 Å². The molecule has 1 aromatic heterocycles. The molecule has 0 amide bonds. The lowest BCUT2D eigenvalue weighted by atomic mass is 9.97. The average molecular weight is 337 g/mol. The molecule has 0 saturated carbocycles. The van der Waals surface area contributed by atoms with E-state index in [4.69, 9.17) is 4.74 Å². The number of benzene rings is 1. The maximum atomic E-state index is 12.9. The van der Waals surface area contributed by atoms with E-state index in [1.54, 1.807) is 13.1 Å². The number of nitrogens with one attached hydrogen (secondary N) is 1. The first-order valence-electron chi connectivity index (χ1n) is 6.82. The fourth-order valence-corrected chi connectivity index (χ4v) is 2.16. The highest BCUT2D eigenvalue weighted by Gasteiger charge is 2.31. The molecule has 0 bridgehead atoms. The number of hydrogen-bond donors (Lipinski definition) is 1. The van der Waals surface area contributed by atoms with Crippen molar-refractivity contribution in [2.75, 3.05) is 14.2 Å². The summed E-state index contributed by atoms with van der Waals surface area (Å²) in [5.41, 5.74) is 3.02. The summed E-state index contributed by atoms with van der Waals surface area (Å²) in [5, 5.41) is 4.09. The van der Waals surface area contributed by atoms with E-state index in [-0.39, 0.29) is 17.0 Å². The van der Waals surface area contributed by atoms with E-state index in [0.29, 0.717) is 17.4 Å². The molecule has 0 unspecified atom stereocenters. The van der Waals surface area contributed by atoms with Gasteiger partial charge in [-0.2, -0.15) is 18.3 Å². The van der Waals surface area contributed by atoms with Crippen LogP contribution in [0.15, 0.2) is 41.8 Å². The lowest BCUT2D eigenvalue weighted by molar-refractivity contribution is -0.137. The Labute approximate surface area is 136 Å². The lowest BCUT2D eigenvalue weighted by Gasteiger charge is -2.15. The number of hydrazone groups is 1. The third-order valence-corrected chi connectivity index (χ3v) is 3.24. The van der Waals surface area contributed by atoms with Gasteiger partial charge in [0.1, 0.15) is 11.5 Å². The van der Waals surface area contributed by atoms with Gasteiger partial charge in [0.15, 0.2) is 6.29 Å². The van der Waals surface area contributed by atoms with Crippen LogP contribution < -0.4 is 10.2 Å². The Balaban J connectivity index is 2.65. The Morgan fingerprint density at radius 1 is 1.29 bits per heavy atom. The van der Waals surface area contributed by atoms with Crippen LogP contribution in [0.1, 0.15) is 27.0 Å². The standard InChI is InChI=1S/C16H14F3N3O2/c1-20-22-15(12-5-6-21-8-10(12)9-23)13-4-3-11(16(17,18)19)7-14(13)24-2/h3-9,20H,1-2H3/b22-15+. The molecule has 2 aromatic rings. The zero-order chi connectivity index (χ0) is 17.7. The first-order chi connectivity index (χ1) is 11.4. The van der Waals surface area contributed by atoms with Crippen molar-refractivity contribution in [1.29, 1.82) is 0 Å². The fraction of sp³-hybridized carbons (Fsp3) is 0.188. The summed E-state index contributed by atoms with van der Waals surface area (Å²) in [6.45, 7) is 0. The molecule has 8 heteroatoms. The Morgan fingerprint density at radius 2 is 2.04 bits per heavy atom. The van der Waals surface area contributed by atoms with Crippen molar-refractivity contribution in [2.45, 2.75) is 6.18 Å². The highest BCUT2D eigenvalue weighted by atomic mass is 19.4. The largest absolute Gasteiger partial charge is 0.496 e. The van der Waals surface area contributed by atoms with Crippen LogP contribution in [0.25, 0.3) is 0 Å². The number of hydrogen-bond acceptors (Lipinski definition) is 5. The summed E-state index contributed by atoms with van der Waals surface area (Å²) in [7, 11) is 2.81. The minimum atomic E-state index is -4.49. The number of alkyl halides is 3.